The molecule has 4 aromatic rings. The first-order valence-corrected chi connectivity index (χ1v) is 13.0. The van der Waals surface area contributed by atoms with Crippen LogP contribution in [0.3, 0.4) is 0 Å². The number of hydrogen-bond donors (Lipinski definition) is 1. The first kappa shape index (κ1) is 22.5. The van der Waals surface area contributed by atoms with E-state index in [-0.39, 0.29) is 18.4 Å². The van der Waals surface area contributed by atoms with Crippen LogP contribution in [0.1, 0.15) is 12.8 Å². The van der Waals surface area contributed by atoms with Gasteiger partial charge in [-0.3, -0.25) is 5.43 Å². The second-order valence-electron chi connectivity index (χ2n) is 9.08. The van der Waals surface area contributed by atoms with E-state index < -0.39 is 0 Å². The van der Waals surface area contributed by atoms with Gasteiger partial charge in [0.1, 0.15) is 29.4 Å². The number of furan rings is 1. The molecule has 11 heteroatoms. The summed E-state index contributed by atoms with van der Waals surface area (Å²) in [6.45, 7) is 1.78. The number of rotatable bonds is 7. The van der Waals surface area contributed by atoms with Gasteiger partial charge in [0.2, 0.25) is 6.79 Å². The maximum Gasteiger partial charge on any atom is 0.231 e. The normalized spacial score (nSPS) is 19.9. The minimum Gasteiger partial charge on any atom is -0.496 e. The summed E-state index contributed by atoms with van der Waals surface area (Å²) in [5.74, 6) is 3.65. The molecule has 0 saturated carbocycles. The van der Waals surface area contributed by atoms with Crippen LogP contribution in [0.5, 0.6) is 23.0 Å². The van der Waals surface area contributed by atoms with Crippen LogP contribution in [0.25, 0.3) is 22.4 Å². The number of nitrogens with zero attached hydrogens (tertiary/aromatic N) is 3. The van der Waals surface area contributed by atoms with Gasteiger partial charge in [0.05, 0.1) is 24.7 Å². The van der Waals surface area contributed by atoms with Crippen molar-refractivity contribution in [3.63, 3.8) is 0 Å². The molecule has 0 amide bonds. The predicted octanol–water partition coefficient (Wildman–Crippen LogP) is 4.66. The van der Waals surface area contributed by atoms with Crippen molar-refractivity contribution in [2.75, 3.05) is 44.5 Å². The largest absolute Gasteiger partial charge is 0.496 e. The van der Waals surface area contributed by atoms with Gasteiger partial charge in [-0.25, -0.2) is 9.66 Å². The van der Waals surface area contributed by atoms with E-state index >= 15 is 0 Å². The molecule has 1 unspecified atom stereocenters. The van der Waals surface area contributed by atoms with Crippen molar-refractivity contribution in [3.05, 3.63) is 42.6 Å². The van der Waals surface area contributed by atoms with Crippen molar-refractivity contribution in [2.45, 2.75) is 29.6 Å². The Labute approximate surface area is 217 Å². The number of benzene rings is 2. The summed E-state index contributed by atoms with van der Waals surface area (Å²) in [7, 11) is 3.30. The number of fused-ring (bicyclic) bond motifs is 3. The zero-order valence-corrected chi connectivity index (χ0v) is 21.2. The van der Waals surface area contributed by atoms with Gasteiger partial charge in [-0.2, -0.15) is 0 Å². The fourth-order valence-corrected chi connectivity index (χ4v) is 5.86. The molecule has 0 bridgehead atoms. The topological polar surface area (TPSA) is 92.4 Å². The van der Waals surface area contributed by atoms with Crippen molar-refractivity contribution < 1.29 is 28.1 Å². The predicted molar refractivity (Wildman–Crippen MR) is 138 cm³/mol. The maximum absolute atomic E-state index is 6.43. The molecule has 0 radical (unpaired) electrons. The molecule has 2 aromatic heterocycles. The van der Waals surface area contributed by atoms with Crippen LogP contribution in [-0.2, 0) is 4.74 Å². The molecule has 2 atom stereocenters. The van der Waals surface area contributed by atoms with E-state index in [4.69, 9.17) is 33.1 Å². The van der Waals surface area contributed by atoms with Gasteiger partial charge in [0.15, 0.2) is 28.0 Å². The molecule has 10 nitrogen and oxygen atoms in total. The Morgan fingerprint density at radius 2 is 2.05 bits per heavy atom. The Balaban J connectivity index is 1.14. The van der Waals surface area contributed by atoms with Gasteiger partial charge in [0, 0.05) is 37.5 Å². The van der Waals surface area contributed by atoms with Gasteiger partial charge >= 0.3 is 0 Å². The lowest BCUT2D eigenvalue weighted by Gasteiger charge is -2.27. The molecule has 2 aromatic carbocycles. The number of nitrogens with one attached hydrogen (secondary N) is 1. The smallest absolute Gasteiger partial charge is 0.231 e. The van der Waals surface area contributed by atoms with Crippen molar-refractivity contribution >= 4 is 28.4 Å². The van der Waals surface area contributed by atoms with Crippen molar-refractivity contribution in [3.8, 4) is 34.5 Å². The molecule has 5 heterocycles. The van der Waals surface area contributed by atoms with Gasteiger partial charge in [0.25, 0.3) is 0 Å². The first-order chi connectivity index (χ1) is 18.2. The molecule has 1 fully saturated rings. The quantitative estimate of drug-likeness (QED) is 0.369. The van der Waals surface area contributed by atoms with Crippen molar-refractivity contribution in [1.82, 2.24) is 9.66 Å². The molecule has 192 valence electrons. The molecular formula is C26H26N4O6S. The van der Waals surface area contributed by atoms with Crippen LogP contribution in [-0.4, -0.2) is 55.4 Å². The standard InChI is InChI=1S/C26H26N4O6S/c1-31-17-9-21(33-13-16-4-3-7-29(16)15-5-6-20-24(8-15)35-14-34-20)18-11-23(36-22(18)10-17)19-12-30-25(27-19)37-26(28-30)32-2/h5-6,8-12,16,26,28H,3-4,7,13-14H2,1-2H3/t16-,26?/m0/s1. The average molecular weight is 523 g/mol. The summed E-state index contributed by atoms with van der Waals surface area (Å²) < 4.78 is 36.4. The molecule has 7 rings (SSSR count). The third-order valence-electron chi connectivity index (χ3n) is 6.90. The average Bonchev–Trinajstić information content (AvgIpc) is 3.73. The minimum absolute atomic E-state index is 0.149. The highest BCUT2D eigenvalue weighted by Crippen LogP contribution is 2.40. The highest BCUT2D eigenvalue weighted by Gasteiger charge is 2.28. The molecule has 3 aliphatic rings. The van der Waals surface area contributed by atoms with Crippen LogP contribution in [0.2, 0.25) is 0 Å². The summed E-state index contributed by atoms with van der Waals surface area (Å²) >= 11 is 1.51. The number of thioether (sulfide) groups is 1. The summed E-state index contributed by atoms with van der Waals surface area (Å²) in [4.78, 5) is 7.08. The van der Waals surface area contributed by atoms with E-state index in [0.29, 0.717) is 23.7 Å². The molecule has 1 N–H and O–H groups in total. The molecule has 0 aliphatic carbocycles. The fourth-order valence-electron chi connectivity index (χ4n) is 5.04. The zero-order valence-electron chi connectivity index (χ0n) is 20.4. The Kier molecular flexibility index (Phi) is 5.47. The van der Waals surface area contributed by atoms with Crippen molar-refractivity contribution in [1.29, 1.82) is 0 Å². The highest BCUT2D eigenvalue weighted by atomic mass is 32.2. The third-order valence-corrected chi connectivity index (χ3v) is 7.91. The second-order valence-corrected chi connectivity index (χ2v) is 10.1. The SMILES string of the molecule is COc1cc(OC[C@@H]2CCCN2c2ccc3c(c2)OCO3)c2cc(-c3cn4c(n3)SC(OC)N4)oc2c1. The Hall–Kier alpha value is -3.70. The Morgan fingerprint density at radius 3 is 2.92 bits per heavy atom. The summed E-state index contributed by atoms with van der Waals surface area (Å²) in [6, 6.07) is 12.1. The third kappa shape index (κ3) is 3.98. The van der Waals surface area contributed by atoms with E-state index in [0.717, 1.165) is 58.6 Å². The molecular weight excluding hydrogens is 496 g/mol. The first-order valence-electron chi connectivity index (χ1n) is 12.1. The highest BCUT2D eigenvalue weighted by molar-refractivity contribution is 7.99. The van der Waals surface area contributed by atoms with Gasteiger partial charge in [-0.05, 0) is 42.8 Å². The van der Waals surface area contributed by atoms with Crippen LogP contribution in [0.4, 0.5) is 5.69 Å². The number of ether oxygens (including phenoxy) is 5. The number of methoxy groups -OCH3 is 2. The van der Waals surface area contributed by atoms with Crippen LogP contribution in [0, 0.1) is 0 Å². The van der Waals surface area contributed by atoms with Gasteiger partial charge < -0.3 is 33.0 Å². The molecule has 1 saturated heterocycles. The molecule has 37 heavy (non-hydrogen) atoms. The fraction of sp³-hybridized carbons (Fsp3) is 0.346. The van der Waals surface area contributed by atoms with E-state index in [2.05, 4.69) is 22.5 Å². The summed E-state index contributed by atoms with van der Waals surface area (Å²) in [5.41, 5.74) is 5.60. The Bertz CT molecular complexity index is 1450. The molecule has 0 spiro atoms. The van der Waals surface area contributed by atoms with Crippen LogP contribution < -0.4 is 29.3 Å². The van der Waals surface area contributed by atoms with Crippen LogP contribution >= 0.6 is 11.8 Å². The maximum atomic E-state index is 6.43. The lowest BCUT2D eigenvalue weighted by atomic mass is 10.2. The summed E-state index contributed by atoms with van der Waals surface area (Å²) in [6.07, 6.45) is 4.05. The number of aromatic nitrogens is 2. The van der Waals surface area contributed by atoms with E-state index in [1.165, 1.54) is 11.8 Å². The van der Waals surface area contributed by atoms with Gasteiger partial charge in [-0.1, -0.05) is 0 Å². The minimum atomic E-state index is -0.149. The van der Waals surface area contributed by atoms with E-state index in [1.807, 2.05) is 35.1 Å². The van der Waals surface area contributed by atoms with Crippen LogP contribution in [0.15, 0.2) is 52.2 Å². The number of imidazole rings is 1. The zero-order chi connectivity index (χ0) is 24.9. The lowest BCUT2D eigenvalue weighted by molar-refractivity contribution is 0.174. The second kappa shape index (κ2) is 9.00. The number of hydrogen-bond acceptors (Lipinski definition) is 10. The number of anilines is 1. The van der Waals surface area contributed by atoms with E-state index in [1.54, 1.807) is 14.2 Å². The monoisotopic (exact) mass is 522 g/mol. The van der Waals surface area contributed by atoms with Gasteiger partial charge in [-0.15, -0.1) is 0 Å². The van der Waals surface area contributed by atoms with E-state index in [9.17, 15) is 0 Å². The lowest BCUT2D eigenvalue weighted by Crippen LogP contribution is -2.34. The summed E-state index contributed by atoms with van der Waals surface area (Å²) in [5, 5.41) is 1.70. The Morgan fingerprint density at radius 1 is 1.14 bits per heavy atom. The molecule has 3 aliphatic heterocycles. The van der Waals surface area contributed by atoms with Crippen molar-refractivity contribution in [2.24, 2.45) is 0 Å².